The van der Waals surface area contributed by atoms with E-state index in [1.807, 2.05) is 54.6 Å². The second kappa shape index (κ2) is 6.36. The molecule has 0 fully saturated rings. The molecule has 0 saturated heterocycles. The van der Waals surface area contributed by atoms with Gasteiger partial charge in [0.15, 0.2) is 0 Å². The first-order valence-electron chi connectivity index (χ1n) is 6.49. The summed E-state index contributed by atoms with van der Waals surface area (Å²) in [7, 11) is 0. The Hall–Kier alpha value is -1.84. The first-order chi connectivity index (χ1) is 9.20. The molecule has 4 N–H and O–H groups in total. The Labute approximate surface area is 114 Å². The third-order valence-electron chi connectivity index (χ3n) is 3.23. The molecular weight excluding hydrogens is 236 g/mol. The van der Waals surface area contributed by atoms with E-state index in [4.69, 9.17) is 16.2 Å². The molecule has 2 aromatic carbocycles. The molecule has 0 bridgehead atoms. The van der Waals surface area contributed by atoms with Crippen molar-refractivity contribution in [1.82, 2.24) is 0 Å². The highest BCUT2D eigenvalue weighted by molar-refractivity contribution is 5.34. The molecule has 2 unspecified atom stereocenters. The Morgan fingerprint density at radius 1 is 0.947 bits per heavy atom. The molecule has 19 heavy (non-hydrogen) atoms. The van der Waals surface area contributed by atoms with E-state index in [-0.39, 0.29) is 12.0 Å². The lowest BCUT2D eigenvalue weighted by molar-refractivity contribution is 0.473. The predicted molar refractivity (Wildman–Crippen MR) is 78.1 cm³/mol. The average Bonchev–Trinajstić information content (AvgIpc) is 2.47. The van der Waals surface area contributed by atoms with E-state index in [9.17, 15) is 0 Å². The highest BCUT2D eigenvalue weighted by Gasteiger charge is 2.13. The average molecular weight is 256 g/mol. The van der Waals surface area contributed by atoms with Crippen LogP contribution in [0.25, 0.3) is 0 Å². The number of ether oxygens (including phenoxy) is 1. The number of benzene rings is 2. The van der Waals surface area contributed by atoms with Gasteiger partial charge in [0.25, 0.3) is 0 Å². The minimum atomic E-state index is -0.0317. The fraction of sp³-hybridized carbons (Fsp3) is 0.250. The quantitative estimate of drug-likeness (QED) is 0.864. The fourth-order valence-electron chi connectivity index (χ4n) is 1.86. The van der Waals surface area contributed by atoms with Gasteiger partial charge < -0.3 is 16.2 Å². The maximum absolute atomic E-state index is 6.13. The second-order valence-electron chi connectivity index (χ2n) is 4.72. The zero-order valence-electron chi connectivity index (χ0n) is 11.1. The molecular formula is C16H20N2O. The maximum Gasteiger partial charge on any atom is 0.127 e. The second-order valence-corrected chi connectivity index (χ2v) is 4.72. The lowest BCUT2D eigenvalue weighted by Gasteiger charge is -2.18. The summed E-state index contributed by atoms with van der Waals surface area (Å²) in [5.41, 5.74) is 12.9. The van der Waals surface area contributed by atoms with Crippen LogP contribution in [0.1, 0.15) is 18.5 Å². The van der Waals surface area contributed by atoms with E-state index < -0.39 is 0 Å². The van der Waals surface area contributed by atoms with Gasteiger partial charge in [0.2, 0.25) is 0 Å². The standard InChI is InChI=1S/C16H20N2O/c1-12(11-17)16(18)13-7-9-15(10-8-13)19-14-5-3-2-4-6-14/h2-10,12,16H,11,17-18H2,1H3. The zero-order chi connectivity index (χ0) is 13.7. The SMILES string of the molecule is CC(CN)C(N)c1ccc(Oc2ccccc2)cc1. The van der Waals surface area contributed by atoms with Gasteiger partial charge in [-0.15, -0.1) is 0 Å². The van der Waals surface area contributed by atoms with Gasteiger partial charge in [0.1, 0.15) is 11.5 Å². The van der Waals surface area contributed by atoms with E-state index in [1.165, 1.54) is 0 Å². The normalized spacial score (nSPS) is 13.8. The molecule has 2 rings (SSSR count). The van der Waals surface area contributed by atoms with Crippen LogP contribution in [0.5, 0.6) is 11.5 Å². The molecule has 0 aromatic heterocycles. The molecule has 2 atom stereocenters. The van der Waals surface area contributed by atoms with Crippen molar-refractivity contribution in [3.63, 3.8) is 0 Å². The lowest BCUT2D eigenvalue weighted by Crippen LogP contribution is -2.25. The van der Waals surface area contributed by atoms with Crippen LogP contribution in [0.4, 0.5) is 0 Å². The van der Waals surface area contributed by atoms with Crippen LogP contribution in [-0.4, -0.2) is 6.54 Å². The van der Waals surface area contributed by atoms with Crippen molar-refractivity contribution in [2.24, 2.45) is 17.4 Å². The summed E-state index contributed by atoms with van der Waals surface area (Å²) in [6.45, 7) is 2.64. The van der Waals surface area contributed by atoms with E-state index in [0.717, 1.165) is 17.1 Å². The van der Waals surface area contributed by atoms with Crippen LogP contribution in [0.3, 0.4) is 0 Å². The topological polar surface area (TPSA) is 61.3 Å². The van der Waals surface area contributed by atoms with Gasteiger partial charge in [0, 0.05) is 6.04 Å². The van der Waals surface area contributed by atoms with Gasteiger partial charge in [-0.3, -0.25) is 0 Å². The van der Waals surface area contributed by atoms with Gasteiger partial charge in [-0.2, -0.15) is 0 Å². The Balaban J connectivity index is 2.06. The number of para-hydroxylation sites is 1. The first-order valence-corrected chi connectivity index (χ1v) is 6.49. The minimum Gasteiger partial charge on any atom is -0.457 e. The van der Waals surface area contributed by atoms with Crippen LogP contribution in [-0.2, 0) is 0 Å². The van der Waals surface area contributed by atoms with Crippen molar-refractivity contribution < 1.29 is 4.74 Å². The van der Waals surface area contributed by atoms with E-state index in [1.54, 1.807) is 0 Å². The Morgan fingerprint density at radius 3 is 2.11 bits per heavy atom. The van der Waals surface area contributed by atoms with Gasteiger partial charge in [-0.05, 0) is 42.3 Å². The molecule has 3 nitrogen and oxygen atoms in total. The Morgan fingerprint density at radius 2 is 1.53 bits per heavy atom. The summed E-state index contributed by atoms with van der Waals surface area (Å²) in [6, 6.07) is 17.5. The third kappa shape index (κ3) is 3.56. The zero-order valence-corrected chi connectivity index (χ0v) is 11.1. The molecule has 100 valence electrons. The highest BCUT2D eigenvalue weighted by Crippen LogP contribution is 2.24. The van der Waals surface area contributed by atoms with Crippen molar-refractivity contribution in [3.8, 4) is 11.5 Å². The highest BCUT2D eigenvalue weighted by atomic mass is 16.5. The van der Waals surface area contributed by atoms with Crippen LogP contribution < -0.4 is 16.2 Å². The molecule has 0 spiro atoms. The number of rotatable bonds is 5. The van der Waals surface area contributed by atoms with E-state index in [2.05, 4.69) is 6.92 Å². The predicted octanol–water partition coefficient (Wildman–Crippen LogP) is 3.07. The smallest absolute Gasteiger partial charge is 0.127 e. The van der Waals surface area contributed by atoms with Gasteiger partial charge in [-0.25, -0.2) is 0 Å². The summed E-state index contributed by atoms with van der Waals surface area (Å²) in [6.07, 6.45) is 0. The van der Waals surface area contributed by atoms with Gasteiger partial charge in [-0.1, -0.05) is 37.3 Å². The largest absolute Gasteiger partial charge is 0.457 e. The van der Waals surface area contributed by atoms with Crippen LogP contribution in [0.2, 0.25) is 0 Å². The van der Waals surface area contributed by atoms with Crippen molar-refractivity contribution in [3.05, 3.63) is 60.2 Å². The Bertz CT molecular complexity index is 496. The lowest BCUT2D eigenvalue weighted by atomic mass is 9.95. The van der Waals surface area contributed by atoms with E-state index >= 15 is 0 Å². The van der Waals surface area contributed by atoms with Crippen LogP contribution in [0.15, 0.2) is 54.6 Å². The number of hydrogen-bond donors (Lipinski definition) is 2. The van der Waals surface area contributed by atoms with Crippen molar-refractivity contribution in [1.29, 1.82) is 0 Å². The van der Waals surface area contributed by atoms with Gasteiger partial charge >= 0.3 is 0 Å². The molecule has 2 aromatic rings. The molecule has 0 aliphatic carbocycles. The molecule has 0 aliphatic rings. The number of hydrogen-bond acceptors (Lipinski definition) is 3. The summed E-state index contributed by atoms with van der Waals surface area (Å²) < 4.78 is 5.73. The third-order valence-corrected chi connectivity index (χ3v) is 3.23. The molecule has 0 heterocycles. The van der Waals surface area contributed by atoms with Crippen LogP contribution in [0, 0.1) is 5.92 Å². The summed E-state index contributed by atoms with van der Waals surface area (Å²) in [5.74, 6) is 1.90. The summed E-state index contributed by atoms with van der Waals surface area (Å²) >= 11 is 0. The number of nitrogens with two attached hydrogens (primary N) is 2. The van der Waals surface area contributed by atoms with Crippen LogP contribution >= 0.6 is 0 Å². The van der Waals surface area contributed by atoms with Gasteiger partial charge in [0.05, 0.1) is 0 Å². The molecule has 3 heteroatoms. The van der Waals surface area contributed by atoms with Crippen molar-refractivity contribution >= 4 is 0 Å². The Kier molecular flexibility index (Phi) is 4.55. The monoisotopic (exact) mass is 256 g/mol. The molecule has 0 saturated carbocycles. The molecule has 0 amide bonds. The molecule has 0 radical (unpaired) electrons. The summed E-state index contributed by atoms with van der Waals surface area (Å²) in [4.78, 5) is 0. The maximum atomic E-state index is 6.13. The van der Waals surface area contributed by atoms with Crippen molar-refractivity contribution in [2.75, 3.05) is 6.54 Å². The van der Waals surface area contributed by atoms with Crippen molar-refractivity contribution in [2.45, 2.75) is 13.0 Å². The summed E-state index contributed by atoms with van der Waals surface area (Å²) in [5, 5.41) is 0. The first kappa shape index (κ1) is 13.6. The molecule has 0 aliphatic heterocycles. The fourth-order valence-corrected chi connectivity index (χ4v) is 1.86. The minimum absolute atomic E-state index is 0.0317. The van der Waals surface area contributed by atoms with E-state index in [0.29, 0.717) is 6.54 Å².